The van der Waals surface area contributed by atoms with Crippen LogP contribution in [0.15, 0.2) is 0 Å². The first-order valence-electron chi connectivity index (χ1n) is 3.54. The lowest BCUT2D eigenvalue weighted by Gasteiger charge is -2.32. The first-order chi connectivity index (χ1) is 4.96. The van der Waals surface area contributed by atoms with E-state index in [0.29, 0.717) is 0 Å². The average molecular weight is 185 g/mol. The maximum absolute atomic E-state index is 12.0. The van der Waals surface area contributed by atoms with E-state index in [9.17, 15) is 13.2 Å². The zero-order chi connectivity index (χ0) is 10.2. The zero-order valence-corrected chi connectivity index (χ0v) is 7.37. The van der Waals surface area contributed by atoms with Crippen LogP contribution in [0.4, 0.5) is 13.2 Å². The quantitative estimate of drug-likeness (QED) is 0.610. The molecule has 0 rings (SSSR count). The van der Waals surface area contributed by atoms with Crippen LogP contribution < -0.4 is 5.73 Å². The van der Waals surface area contributed by atoms with Crippen molar-refractivity contribution in [3.05, 3.63) is 0 Å². The maximum Gasteiger partial charge on any atom is 0.430 e. The second-order valence-electron chi connectivity index (χ2n) is 4.16. The van der Waals surface area contributed by atoms with E-state index in [-0.39, 0.29) is 0 Å². The van der Waals surface area contributed by atoms with Gasteiger partial charge in [-0.1, -0.05) is 20.8 Å². The number of rotatable bonds is 1. The van der Waals surface area contributed by atoms with Crippen molar-refractivity contribution in [2.75, 3.05) is 0 Å². The smallest absolute Gasteiger partial charge is 0.368 e. The summed E-state index contributed by atoms with van der Waals surface area (Å²) in [6.07, 6.45) is -5.27. The van der Waals surface area contributed by atoms with Gasteiger partial charge in [0, 0.05) is 6.42 Å². The highest BCUT2D eigenvalue weighted by Crippen LogP contribution is 2.35. The largest absolute Gasteiger partial charge is 0.430 e. The molecule has 0 fully saturated rings. The molecular formula is C7H14F3NO. The fourth-order valence-corrected chi connectivity index (χ4v) is 0.909. The van der Waals surface area contributed by atoms with E-state index in [4.69, 9.17) is 10.8 Å². The summed E-state index contributed by atoms with van der Waals surface area (Å²) in [7, 11) is 0. The molecule has 0 aromatic heterocycles. The summed E-state index contributed by atoms with van der Waals surface area (Å²) in [5.74, 6) is 0. The van der Waals surface area contributed by atoms with Crippen molar-refractivity contribution < 1.29 is 18.3 Å². The maximum atomic E-state index is 12.0. The number of hydrogen-bond acceptors (Lipinski definition) is 2. The number of halogens is 3. The van der Waals surface area contributed by atoms with E-state index in [1.54, 1.807) is 20.8 Å². The summed E-state index contributed by atoms with van der Waals surface area (Å²) in [5, 5.41) is 8.84. The van der Waals surface area contributed by atoms with Gasteiger partial charge < -0.3 is 5.11 Å². The molecule has 0 aromatic carbocycles. The molecule has 0 aliphatic rings. The second-order valence-corrected chi connectivity index (χ2v) is 4.16. The van der Waals surface area contributed by atoms with Crippen molar-refractivity contribution in [3.63, 3.8) is 0 Å². The Morgan fingerprint density at radius 3 is 1.58 bits per heavy atom. The lowest BCUT2D eigenvalue weighted by molar-refractivity contribution is -0.267. The first kappa shape index (κ1) is 11.7. The normalized spacial score (nSPS) is 19.0. The third-order valence-corrected chi connectivity index (χ3v) is 1.29. The van der Waals surface area contributed by atoms with Crippen LogP contribution in [-0.4, -0.2) is 17.0 Å². The van der Waals surface area contributed by atoms with Crippen molar-refractivity contribution in [1.82, 2.24) is 0 Å². The Morgan fingerprint density at radius 1 is 1.17 bits per heavy atom. The van der Waals surface area contributed by atoms with Crippen molar-refractivity contribution in [3.8, 4) is 0 Å². The molecule has 1 unspecified atom stereocenters. The summed E-state index contributed by atoms with van der Waals surface area (Å²) >= 11 is 0. The van der Waals surface area contributed by atoms with Crippen LogP contribution in [0.2, 0.25) is 0 Å². The van der Waals surface area contributed by atoms with Crippen molar-refractivity contribution in [2.24, 2.45) is 11.1 Å². The number of aliphatic hydroxyl groups is 1. The zero-order valence-electron chi connectivity index (χ0n) is 7.37. The topological polar surface area (TPSA) is 46.2 Å². The number of nitrogens with two attached hydrogens (primary N) is 1. The first-order valence-corrected chi connectivity index (χ1v) is 3.54. The lowest BCUT2D eigenvalue weighted by atomic mass is 9.86. The molecule has 0 spiro atoms. The Morgan fingerprint density at radius 2 is 1.50 bits per heavy atom. The molecule has 0 radical (unpaired) electrons. The van der Waals surface area contributed by atoms with Gasteiger partial charge >= 0.3 is 6.18 Å². The van der Waals surface area contributed by atoms with E-state index in [1.165, 1.54) is 0 Å². The Kier molecular flexibility index (Phi) is 2.81. The molecule has 12 heavy (non-hydrogen) atoms. The third kappa shape index (κ3) is 3.40. The predicted octanol–water partition coefficient (Wildman–Crippen LogP) is 1.63. The molecule has 0 saturated heterocycles. The van der Waals surface area contributed by atoms with Crippen LogP contribution in [-0.2, 0) is 0 Å². The van der Waals surface area contributed by atoms with Crippen LogP contribution in [0.5, 0.6) is 0 Å². The minimum atomic E-state index is -4.76. The van der Waals surface area contributed by atoms with Gasteiger partial charge in [-0.15, -0.1) is 0 Å². The van der Waals surface area contributed by atoms with E-state index >= 15 is 0 Å². The molecule has 0 heterocycles. The van der Waals surface area contributed by atoms with E-state index in [2.05, 4.69) is 0 Å². The highest BCUT2D eigenvalue weighted by molar-refractivity contribution is 4.84. The van der Waals surface area contributed by atoms with E-state index < -0.39 is 23.7 Å². The van der Waals surface area contributed by atoms with E-state index in [1.807, 2.05) is 0 Å². The van der Waals surface area contributed by atoms with Crippen molar-refractivity contribution in [2.45, 2.75) is 39.1 Å². The Balaban J connectivity index is 4.44. The summed E-state index contributed by atoms with van der Waals surface area (Å²) in [6.45, 7) is 4.74. The monoisotopic (exact) mass is 185 g/mol. The SMILES string of the molecule is CC(C)(C)CC(N)(O)C(F)(F)F. The summed E-state index contributed by atoms with van der Waals surface area (Å²) in [5.41, 5.74) is 0.979. The van der Waals surface area contributed by atoms with Crippen LogP contribution in [0.1, 0.15) is 27.2 Å². The molecular weight excluding hydrogens is 171 g/mol. The van der Waals surface area contributed by atoms with Crippen molar-refractivity contribution >= 4 is 0 Å². The molecule has 0 bridgehead atoms. The Labute approximate surface area is 69.6 Å². The van der Waals surface area contributed by atoms with Crippen LogP contribution >= 0.6 is 0 Å². The van der Waals surface area contributed by atoms with Gasteiger partial charge in [0.15, 0.2) is 0 Å². The number of hydrogen-bond donors (Lipinski definition) is 2. The van der Waals surface area contributed by atoms with Gasteiger partial charge in [-0.3, -0.25) is 5.73 Å². The molecule has 0 saturated carbocycles. The van der Waals surface area contributed by atoms with Gasteiger partial charge in [-0.2, -0.15) is 13.2 Å². The van der Waals surface area contributed by atoms with Gasteiger partial charge in [-0.25, -0.2) is 0 Å². The molecule has 1 atom stereocenters. The molecule has 0 aromatic rings. The van der Waals surface area contributed by atoms with Gasteiger partial charge in [-0.05, 0) is 5.41 Å². The van der Waals surface area contributed by atoms with Gasteiger partial charge in [0.05, 0.1) is 0 Å². The lowest BCUT2D eigenvalue weighted by Crippen LogP contribution is -2.55. The highest BCUT2D eigenvalue weighted by Gasteiger charge is 2.52. The van der Waals surface area contributed by atoms with Gasteiger partial charge in [0.25, 0.3) is 0 Å². The predicted molar refractivity (Wildman–Crippen MR) is 39.3 cm³/mol. The molecule has 0 aliphatic carbocycles. The molecule has 2 nitrogen and oxygen atoms in total. The van der Waals surface area contributed by atoms with Gasteiger partial charge in [0.1, 0.15) is 0 Å². The van der Waals surface area contributed by atoms with Crippen molar-refractivity contribution in [1.29, 1.82) is 0 Å². The van der Waals surface area contributed by atoms with Gasteiger partial charge in [0.2, 0.25) is 5.72 Å². The summed E-state index contributed by atoms with van der Waals surface area (Å²) in [6, 6.07) is 0. The van der Waals surface area contributed by atoms with Crippen LogP contribution in [0.25, 0.3) is 0 Å². The number of alkyl halides is 3. The molecule has 0 amide bonds. The molecule has 3 N–H and O–H groups in total. The highest BCUT2D eigenvalue weighted by atomic mass is 19.4. The summed E-state index contributed by atoms with van der Waals surface area (Å²) < 4.78 is 36.0. The Bertz CT molecular complexity index is 157. The third-order valence-electron chi connectivity index (χ3n) is 1.29. The van der Waals surface area contributed by atoms with E-state index in [0.717, 1.165) is 0 Å². The van der Waals surface area contributed by atoms with Crippen LogP contribution in [0, 0.1) is 5.41 Å². The minimum Gasteiger partial charge on any atom is -0.368 e. The van der Waals surface area contributed by atoms with Crippen LogP contribution in [0.3, 0.4) is 0 Å². The second kappa shape index (κ2) is 2.88. The fraction of sp³-hybridized carbons (Fsp3) is 1.00. The average Bonchev–Trinajstić information content (AvgIpc) is 1.52. The molecule has 74 valence electrons. The molecule has 5 heteroatoms. The molecule has 0 aliphatic heterocycles. The minimum absolute atomic E-state index is 0.510. The summed E-state index contributed by atoms with van der Waals surface area (Å²) in [4.78, 5) is 0. The fourth-order valence-electron chi connectivity index (χ4n) is 0.909. The Hall–Kier alpha value is -0.290. The standard InChI is InChI=1S/C7H14F3NO/c1-5(2,3)4-6(11,12)7(8,9)10/h12H,4,11H2,1-3H3.